The Labute approximate surface area is 151 Å². The maximum absolute atomic E-state index is 13.0. The molecule has 0 amide bonds. The van der Waals surface area contributed by atoms with Gasteiger partial charge in [-0.25, -0.2) is 4.98 Å². The molecule has 2 aromatic heterocycles. The van der Waals surface area contributed by atoms with E-state index in [1.54, 1.807) is 13.2 Å². The number of fused-ring (bicyclic) bond motifs is 1. The molecule has 0 aliphatic carbocycles. The van der Waals surface area contributed by atoms with Crippen LogP contribution in [0.3, 0.4) is 0 Å². The summed E-state index contributed by atoms with van der Waals surface area (Å²) >= 11 is 0. The quantitative estimate of drug-likeness (QED) is 0.530. The summed E-state index contributed by atoms with van der Waals surface area (Å²) in [7, 11) is 3.05. The normalized spacial score (nSPS) is 13.4. The third-order valence-electron chi connectivity index (χ3n) is 3.73. The van der Waals surface area contributed by atoms with Gasteiger partial charge in [0.2, 0.25) is 0 Å². The van der Waals surface area contributed by atoms with Crippen LogP contribution in [0.5, 0.6) is 0 Å². The number of aromatic nitrogens is 5. The van der Waals surface area contributed by atoms with Crippen molar-refractivity contribution in [1.29, 1.82) is 0 Å². The number of rotatable bonds is 4. The number of nitrogens with zero attached hydrogens (tertiary/aromatic N) is 5. The number of allylic oxidation sites excluding steroid dienone is 2. The minimum atomic E-state index is -4.48. The number of nitrogens with two attached hydrogens (primary N) is 2. The Morgan fingerprint density at radius 1 is 1.22 bits per heavy atom. The average molecular weight is 379 g/mol. The van der Waals surface area contributed by atoms with Gasteiger partial charge in [-0.3, -0.25) is 9.25 Å². The molecule has 1 aromatic carbocycles. The van der Waals surface area contributed by atoms with E-state index in [0.29, 0.717) is 11.2 Å². The predicted molar refractivity (Wildman–Crippen MR) is 92.5 cm³/mol. The number of aryl methyl sites for hydroxylation is 1. The Balaban J connectivity index is 2.25. The molecule has 3 aromatic rings. The molecular formula is C16H16F3N7O. The second-order valence-corrected chi connectivity index (χ2v) is 5.61. The lowest BCUT2D eigenvalue weighted by molar-refractivity contribution is -0.137. The van der Waals surface area contributed by atoms with Gasteiger partial charge in [-0.05, 0) is 24.3 Å². The molecule has 0 radical (unpaired) electrons. The molecule has 3 rings (SSSR count). The van der Waals surface area contributed by atoms with Gasteiger partial charge in [0, 0.05) is 13.1 Å². The molecular weight excluding hydrogens is 363 g/mol. The van der Waals surface area contributed by atoms with E-state index >= 15 is 0 Å². The maximum Gasteiger partial charge on any atom is 0.416 e. The summed E-state index contributed by atoms with van der Waals surface area (Å²) in [4.78, 5) is 4.28. The predicted octanol–water partition coefficient (Wildman–Crippen LogP) is 2.05. The topological polar surface area (TPSA) is 110 Å². The first kappa shape index (κ1) is 18.3. The minimum Gasteiger partial charge on any atom is -0.483 e. The number of alkyl halides is 3. The number of ether oxygens (including phenoxy) is 1. The van der Waals surface area contributed by atoms with E-state index < -0.39 is 11.7 Å². The van der Waals surface area contributed by atoms with E-state index in [9.17, 15) is 13.2 Å². The molecule has 0 bridgehead atoms. The van der Waals surface area contributed by atoms with Gasteiger partial charge in [-0.2, -0.15) is 13.2 Å². The number of hydrogen-bond acceptors (Lipinski definition) is 6. The maximum atomic E-state index is 13.0. The van der Waals surface area contributed by atoms with Crippen LogP contribution in [0.15, 0.2) is 42.4 Å². The second kappa shape index (κ2) is 6.67. The molecule has 0 aliphatic rings. The number of hydrogen-bond donors (Lipinski definition) is 2. The van der Waals surface area contributed by atoms with Gasteiger partial charge < -0.3 is 16.2 Å². The highest BCUT2D eigenvalue weighted by Crippen LogP contribution is 2.33. The van der Waals surface area contributed by atoms with Gasteiger partial charge in [0.25, 0.3) is 0 Å². The van der Waals surface area contributed by atoms with Gasteiger partial charge in [0.15, 0.2) is 11.7 Å². The molecule has 11 heteroatoms. The van der Waals surface area contributed by atoms with Crippen molar-refractivity contribution < 1.29 is 17.9 Å². The van der Waals surface area contributed by atoms with Gasteiger partial charge in [-0.1, -0.05) is 5.21 Å². The Bertz CT molecular complexity index is 1050. The molecule has 8 nitrogen and oxygen atoms in total. The van der Waals surface area contributed by atoms with Crippen LogP contribution < -0.4 is 11.5 Å². The van der Waals surface area contributed by atoms with E-state index in [0.717, 1.165) is 12.1 Å². The summed E-state index contributed by atoms with van der Waals surface area (Å²) in [5.74, 6) is 0.524. The Morgan fingerprint density at radius 3 is 2.56 bits per heavy atom. The Morgan fingerprint density at radius 2 is 1.96 bits per heavy atom. The summed E-state index contributed by atoms with van der Waals surface area (Å²) in [5.41, 5.74) is 11.7. The summed E-state index contributed by atoms with van der Waals surface area (Å²) in [6.45, 7) is 0. The van der Waals surface area contributed by atoms with E-state index in [1.807, 2.05) is 0 Å². The van der Waals surface area contributed by atoms with Crippen molar-refractivity contribution in [2.24, 2.45) is 18.5 Å². The third kappa shape index (κ3) is 3.57. The van der Waals surface area contributed by atoms with E-state index in [1.165, 1.54) is 34.6 Å². The van der Waals surface area contributed by atoms with Crippen molar-refractivity contribution in [2.75, 3.05) is 7.11 Å². The number of halogens is 3. The minimum absolute atomic E-state index is 0.114. The molecule has 0 saturated carbocycles. The number of methoxy groups -OCH3 is 1. The van der Waals surface area contributed by atoms with Crippen molar-refractivity contribution >= 4 is 16.9 Å². The first-order valence-electron chi connectivity index (χ1n) is 7.64. The smallest absolute Gasteiger partial charge is 0.416 e. The highest BCUT2D eigenvalue weighted by Gasteiger charge is 2.31. The highest BCUT2D eigenvalue weighted by molar-refractivity contribution is 5.85. The standard InChI is InChI=1S/C16H16F3N7O/c1-25-8-11(23-24-25)15-22-10-7-9(16(17,18)19)3-4-12(10)26(15)13(20)5-6-14(21)27-2/h3-8H,20-21H2,1-2H3/b13-5+,14-6+. The number of benzene rings is 1. The molecule has 142 valence electrons. The molecule has 27 heavy (non-hydrogen) atoms. The fraction of sp³-hybridized carbons (Fsp3) is 0.188. The van der Waals surface area contributed by atoms with E-state index in [4.69, 9.17) is 16.2 Å². The molecule has 0 unspecified atom stereocenters. The van der Waals surface area contributed by atoms with Crippen molar-refractivity contribution in [3.63, 3.8) is 0 Å². The van der Waals surface area contributed by atoms with Crippen LogP contribution in [0.4, 0.5) is 13.2 Å². The van der Waals surface area contributed by atoms with Crippen molar-refractivity contribution in [1.82, 2.24) is 24.5 Å². The fourth-order valence-electron chi connectivity index (χ4n) is 2.45. The van der Waals surface area contributed by atoms with Gasteiger partial charge >= 0.3 is 6.18 Å². The summed E-state index contributed by atoms with van der Waals surface area (Å²) in [5, 5.41) is 7.80. The average Bonchev–Trinajstić information content (AvgIpc) is 3.21. The molecule has 2 heterocycles. The Kier molecular flexibility index (Phi) is 4.52. The van der Waals surface area contributed by atoms with Crippen molar-refractivity contribution in [2.45, 2.75) is 6.18 Å². The largest absolute Gasteiger partial charge is 0.483 e. The first-order chi connectivity index (χ1) is 12.7. The van der Waals surface area contributed by atoms with Crippen LogP contribution in [0.25, 0.3) is 28.4 Å². The lowest BCUT2D eigenvalue weighted by Gasteiger charge is -2.09. The van der Waals surface area contributed by atoms with Crippen LogP contribution >= 0.6 is 0 Å². The highest BCUT2D eigenvalue weighted by atomic mass is 19.4. The summed E-state index contributed by atoms with van der Waals surface area (Å²) in [6, 6.07) is 3.22. The lowest BCUT2D eigenvalue weighted by atomic mass is 10.2. The first-order valence-corrected chi connectivity index (χ1v) is 7.64. The molecule has 0 aliphatic heterocycles. The monoisotopic (exact) mass is 379 g/mol. The molecule has 0 saturated heterocycles. The van der Waals surface area contributed by atoms with Gasteiger partial charge in [0.1, 0.15) is 11.5 Å². The van der Waals surface area contributed by atoms with E-state index in [-0.39, 0.29) is 23.0 Å². The van der Waals surface area contributed by atoms with Crippen LogP contribution in [0.2, 0.25) is 0 Å². The Hall–Kier alpha value is -3.50. The zero-order valence-electron chi connectivity index (χ0n) is 14.4. The fourth-order valence-corrected chi connectivity index (χ4v) is 2.45. The third-order valence-corrected chi connectivity index (χ3v) is 3.73. The SMILES string of the molecule is CO/C(N)=C/C=C(\N)n1c(-c2cn(C)nn2)nc2cc(C(F)(F)F)ccc21. The van der Waals surface area contributed by atoms with Crippen LogP contribution in [0, 0.1) is 0 Å². The lowest BCUT2D eigenvalue weighted by Crippen LogP contribution is -2.09. The van der Waals surface area contributed by atoms with Crippen LogP contribution in [0.1, 0.15) is 5.56 Å². The molecule has 0 spiro atoms. The summed E-state index contributed by atoms with van der Waals surface area (Å²) in [6.07, 6.45) is -0.0278. The number of imidazole rings is 1. The zero-order valence-corrected chi connectivity index (χ0v) is 14.4. The molecule has 4 N–H and O–H groups in total. The van der Waals surface area contributed by atoms with Gasteiger partial charge in [-0.15, -0.1) is 5.10 Å². The van der Waals surface area contributed by atoms with Crippen molar-refractivity contribution in [3.05, 3.63) is 48.0 Å². The van der Waals surface area contributed by atoms with Crippen molar-refractivity contribution in [3.8, 4) is 11.5 Å². The molecule has 0 atom stereocenters. The zero-order chi connectivity index (χ0) is 19.8. The second-order valence-electron chi connectivity index (χ2n) is 5.61. The molecule has 0 fully saturated rings. The van der Waals surface area contributed by atoms with Crippen LogP contribution in [-0.2, 0) is 18.0 Å². The van der Waals surface area contributed by atoms with Crippen LogP contribution in [-0.4, -0.2) is 31.7 Å². The van der Waals surface area contributed by atoms with Gasteiger partial charge in [0.05, 0.1) is 29.9 Å². The van der Waals surface area contributed by atoms with E-state index in [2.05, 4.69) is 15.3 Å². The summed E-state index contributed by atoms with van der Waals surface area (Å²) < 4.78 is 46.8.